The highest BCUT2D eigenvalue weighted by atomic mass is 35.5. The van der Waals surface area contributed by atoms with Crippen molar-refractivity contribution in [1.29, 1.82) is 0 Å². The lowest BCUT2D eigenvalue weighted by atomic mass is 10.1. The van der Waals surface area contributed by atoms with Gasteiger partial charge in [0.1, 0.15) is 0 Å². The molecule has 0 heterocycles. The third kappa shape index (κ3) is 4.16. The summed E-state index contributed by atoms with van der Waals surface area (Å²) in [7, 11) is -3.07. The van der Waals surface area contributed by atoms with Crippen molar-refractivity contribution in [3.8, 4) is 0 Å². The predicted molar refractivity (Wildman–Crippen MR) is 91.6 cm³/mol. The summed E-state index contributed by atoms with van der Waals surface area (Å²) in [5, 5.41) is 0.584. The van der Waals surface area contributed by atoms with Crippen LogP contribution in [0.5, 0.6) is 0 Å². The van der Waals surface area contributed by atoms with E-state index in [1.165, 1.54) is 17.0 Å². The lowest BCUT2D eigenvalue weighted by Gasteiger charge is -2.25. The Morgan fingerprint density at radius 1 is 1.04 bits per heavy atom. The monoisotopic (exact) mass is 387 g/mol. The normalized spacial score (nSPS) is 12.9. The molecule has 2 aromatic rings. The van der Waals surface area contributed by atoms with Crippen LogP contribution in [0.1, 0.15) is 28.9 Å². The number of hydrogen-bond acceptors (Lipinski definition) is 3. The van der Waals surface area contributed by atoms with Gasteiger partial charge in [0.25, 0.3) is 5.91 Å². The number of nitrogens with zero attached hydrogens (tertiary/aromatic N) is 1. The average molecular weight is 388 g/mol. The molecule has 4 nitrogen and oxygen atoms in total. The summed E-state index contributed by atoms with van der Waals surface area (Å²) in [6.07, 6.45) is 0. The van der Waals surface area contributed by atoms with Gasteiger partial charge in [0.2, 0.25) is 9.84 Å². The molecule has 0 spiro atoms. The minimum absolute atomic E-state index is 0.205. The molecule has 2 rings (SSSR count). The van der Waals surface area contributed by atoms with Gasteiger partial charge in [0, 0.05) is 17.6 Å². The van der Waals surface area contributed by atoms with E-state index >= 15 is 0 Å². The van der Waals surface area contributed by atoms with Gasteiger partial charge in [-0.3, -0.25) is 4.79 Å². The number of rotatable bonds is 5. The van der Waals surface area contributed by atoms with Crippen LogP contribution in [0.2, 0.25) is 5.02 Å². The zero-order valence-corrected chi connectivity index (χ0v) is 15.1. The van der Waals surface area contributed by atoms with Crippen LogP contribution in [0, 0.1) is 0 Å². The van der Waals surface area contributed by atoms with Crippen LogP contribution in [-0.2, 0) is 9.84 Å². The molecule has 1 atom stereocenters. The van der Waals surface area contributed by atoms with E-state index in [2.05, 4.69) is 0 Å². The standard InChI is InChI=1S/C17H16ClF2NO3S/c1-11(12-3-7-14(18)8-4-12)21(2)16(22)13-5-9-15(10-6-13)25(23,24)17(19)20/h3-11,17H,1-2H3. The van der Waals surface area contributed by atoms with Gasteiger partial charge in [-0.2, -0.15) is 8.78 Å². The van der Waals surface area contributed by atoms with E-state index in [9.17, 15) is 22.0 Å². The maximum Gasteiger partial charge on any atom is 0.341 e. The van der Waals surface area contributed by atoms with Crippen molar-refractivity contribution in [3.05, 3.63) is 64.7 Å². The molecule has 0 radical (unpaired) electrons. The molecule has 8 heteroatoms. The van der Waals surface area contributed by atoms with Gasteiger partial charge in [0.15, 0.2) is 0 Å². The summed E-state index contributed by atoms with van der Waals surface area (Å²) in [5.41, 5.74) is 1.08. The summed E-state index contributed by atoms with van der Waals surface area (Å²) < 4.78 is 47.9. The van der Waals surface area contributed by atoms with Crippen LogP contribution in [0.3, 0.4) is 0 Å². The highest BCUT2D eigenvalue weighted by Gasteiger charge is 2.27. The summed E-state index contributed by atoms with van der Waals surface area (Å²) in [5.74, 6) is -3.86. The van der Waals surface area contributed by atoms with Crippen LogP contribution in [0.25, 0.3) is 0 Å². The Morgan fingerprint density at radius 3 is 2.04 bits per heavy atom. The molecule has 0 saturated carbocycles. The van der Waals surface area contributed by atoms with Crippen molar-refractivity contribution in [2.45, 2.75) is 23.6 Å². The summed E-state index contributed by atoms with van der Waals surface area (Å²) >= 11 is 5.85. The number of carbonyl (C=O) groups is 1. The average Bonchev–Trinajstić information content (AvgIpc) is 2.60. The quantitative estimate of drug-likeness (QED) is 0.773. The summed E-state index contributed by atoms with van der Waals surface area (Å²) in [4.78, 5) is 13.5. The second kappa shape index (κ2) is 7.49. The molecule has 0 saturated heterocycles. The van der Waals surface area contributed by atoms with E-state index in [0.29, 0.717) is 5.02 Å². The number of carbonyl (C=O) groups excluding carboxylic acids is 1. The van der Waals surface area contributed by atoms with Gasteiger partial charge in [-0.05, 0) is 48.9 Å². The minimum atomic E-state index is -4.67. The molecule has 0 bridgehead atoms. The van der Waals surface area contributed by atoms with Crippen molar-refractivity contribution >= 4 is 27.3 Å². The van der Waals surface area contributed by atoms with Gasteiger partial charge < -0.3 is 4.90 Å². The molecule has 0 aliphatic heterocycles. The van der Waals surface area contributed by atoms with Gasteiger partial charge in [0.05, 0.1) is 10.9 Å². The van der Waals surface area contributed by atoms with E-state index in [1.54, 1.807) is 31.3 Å². The highest BCUT2D eigenvalue weighted by molar-refractivity contribution is 7.91. The van der Waals surface area contributed by atoms with E-state index in [4.69, 9.17) is 11.6 Å². The van der Waals surface area contributed by atoms with Crippen LogP contribution in [0.15, 0.2) is 53.4 Å². The summed E-state index contributed by atoms with van der Waals surface area (Å²) in [6, 6.07) is 11.3. The number of sulfone groups is 1. The zero-order valence-electron chi connectivity index (χ0n) is 13.5. The van der Waals surface area contributed by atoms with Crippen molar-refractivity contribution in [3.63, 3.8) is 0 Å². The van der Waals surface area contributed by atoms with Crippen molar-refractivity contribution < 1.29 is 22.0 Å². The van der Waals surface area contributed by atoms with Crippen molar-refractivity contribution in [2.75, 3.05) is 7.05 Å². The minimum Gasteiger partial charge on any atom is -0.335 e. The van der Waals surface area contributed by atoms with Crippen LogP contribution >= 0.6 is 11.6 Å². The Bertz CT molecular complexity index is 852. The Kier molecular flexibility index (Phi) is 5.80. The van der Waals surface area contributed by atoms with Gasteiger partial charge >= 0.3 is 5.76 Å². The Hall–Kier alpha value is -1.99. The summed E-state index contributed by atoms with van der Waals surface area (Å²) in [6.45, 7) is 1.83. The van der Waals surface area contributed by atoms with Gasteiger partial charge in [-0.1, -0.05) is 23.7 Å². The Balaban J connectivity index is 2.21. The number of amides is 1. The van der Waals surface area contributed by atoms with Crippen molar-refractivity contribution in [1.82, 2.24) is 4.90 Å². The molecule has 25 heavy (non-hydrogen) atoms. The fourth-order valence-corrected chi connectivity index (χ4v) is 3.08. The van der Waals surface area contributed by atoms with Crippen LogP contribution in [0.4, 0.5) is 8.78 Å². The molecule has 0 aliphatic rings. The molecule has 0 N–H and O–H groups in total. The van der Waals surface area contributed by atoms with Gasteiger partial charge in [-0.25, -0.2) is 8.42 Å². The molecular weight excluding hydrogens is 372 g/mol. The maximum atomic E-state index is 12.5. The lowest BCUT2D eigenvalue weighted by Crippen LogP contribution is -2.29. The fraction of sp³-hybridized carbons (Fsp3) is 0.235. The zero-order chi connectivity index (χ0) is 18.8. The number of hydrogen-bond donors (Lipinski definition) is 0. The molecule has 0 aliphatic carbocycles. The first-order valence-electron chi connectivity index (χ1n) is 7.29. The molecule has 2 aromatic carbocycles. The molecule has 1 unspecified atom stereocenters. The van der Waals surface area contributed by atoms with E-state index in [-0.39, 0.29) is 17.5 Å². The molecular formula is C17H16ClF2NO3S. The number of halogens is 3. The first kappa shape index (κ1) is 19.3. The Labute approximate surface area is 149 Å². The molecule has 134 valence electrons. The van der Waals surface area contributed by atoms with E-state index < -0.39 is 20.5 Å². The third-order valence-electron chi connectivity index (χ3n) is 3.92. The van der Waals surface area contributed by atoms with E-state index in [1.807, 2.05) is 6.92 Å². The third-order valence-corrected chi connectivity index (χ3v) is 5.57. The molecule has 0 aromatic heterocycles. The van der Waals surface area contributed by atoms with Crippen LogP contribution < -0.4 is 0 Å². The molecule has 0 fully saturated rings. The topological polar surface area (TPSA) is 54.5 Å². The predicted octanol–water partition coefficient (Wildman–Crippen LogP) is 4.17. The molecule has 1 amide bonds. The van der Waals surface area contributed by atoms with E-state index in [0.717, 1.165) is 17.7 Å². The maximum absolute atomic E-state index is 12.5. The van der Waals surface area contributed by atoms with Gasteiger partial charge in [-0.15, -0.1) is 0 Å². The highest BCUT2D eigenvalue weighted by Crippen LogP contribution is 2.24. The first-order chi connectivity index (χ1) is 11.6. The first-order valence-corrected chi connectivity index (χ1v) is 9.21. The van der Waals surface area contributed by atoms with Crippen LogP contribution in [-0.4, -0.2) is 32.0 Å². The fourth-order valence-electron chi connectivity index (χ4n) is 2.23. The second-order valence-electron chi connectivity index (χ2n) is 5.47. The number of alkyl halides is 2. The smallest absolute Gasteiger partial charge is 0.335 e. The lowest BCUT2D eigenvalue weighted by molar-refractivity contribution is 0.0742. The van der Waals surface area contributed by atoms with Crippen molar-refractivity contribution in [2.24, 2.45) is 0 Å². The SMILES string of the molecule is CC(c1ccc(Cl)cc1)N(C)C(=O)c1ccc(S(=O)(=O)C(F)F)cc1. The largest absolute Gasteiger partial charge is 0.341 e. The Morgan fingerprint density at radius 2 is 1.56 bits per heavy atom. The second-order valence-corrected chi connectivity index (χ2v) is 7.83. The number of benzene rings is 2.